The summed E-state index contributed by atoms with van der Waals surface area (Å²) in [7, 11) is 0. The monoisotopic (exact) mass is 239 g/mol. The molecule has 0 aromatic carbocycles. The summed E-state index contributed by atoms with van der Waals surface area (Å²) < 4.78 is 0. The highest BCUT2D eigenvalue weighted by Crippen LogP contribution is 2.23. The van der Waals surface area contributed by atoms with Crippen LogP contribution in [-0.4, -0.2) is 33.8 Å². The third-order valence-corrected chi connectivity index (χ3v) is 3.10. The highest BCUT2D eigenvalue weighted by Gasteiger charge is 2.36. The predicted molar refractivity (Wildman–Crippen MR) is 61.2 cm³/mol. The summed E-state index contributed by atoms with van der Waals surface area (Å²) in [6.45, 7) is 5.04. The fourth-order valence-corrected chi connectivity index (χ4v) is 1.85. The van der Waals surface area contributed by atoms with Gasteiger partial charge in [-0.15, -0.1) is 0 Å². The van der Waals surface area contributed by atoms with Gasteiger partial charge in [-0.3, -0.25) is 19.3 Å². The van der Waals surface area contributed by atoms with Crippen molar-refractivity contribution in [2.45, 2.75) is 46.1 Å². The SMILES string of the molecule is CC1=C(C)C(=O)N(C(C)CCCC(=O)O)C1=O. The Kier molecular flexibility index (Phi) is 4.04. The first kappa shape index (κ1) is 13.4. The molecule has 1 atom stereocenters. The lowest BCUT2D eigenvalue weighted by molar-refractivity contribution is -0.140. The van der Waals surface area contributed by atoms with E-state index in [2.05, 4.69) is 0 Å². The second-order valence-electron chi connectivity index (χ2n) is 4.37. The van der Waals surface area contributed by atoms with E-state index in [9.17, 15) is 14.4 Å². The van der Waals surface area contributed by atoms with E-state index in [4.69, 9.17) is 5.11 Å². The topological polar surface area (TPSA) is 74.7 Å². The molecule has 0 spiro atoms. The second-order valence-corrected chi connectivity index (χ2v) is 4.37. The normalized spacial score (nSPS) is 17.9. The molecule has 0 fully saturated rings. The molecule has 0 saturated heterocycles. The minimum absolute atomic E-state index is 0.0615. The van der Waals surface area contributed by atoms with Crippen LogP contribution < -0.4 is 0 Å². The number of carboxylic acid groups (broad SMARTS) is 1. The van der Waals surface area contributed by atoms with Crippen molar-refractivity contribution < 1.29 is 19.5 Å². The molecular weight excluding hydrogens is 222 g/mol. The van der Waals surface area contributed by atoms with Crippen molar-refractivity contribution in [3.8, 4) is 0 Å². The van der Waals surface area contributed by atoms with Crippen LogP contribution in [-0.2, 0) is 14.4 Å². The van der Waals surface area contributed by atoms with Gasteiger partial charge >= 0.3 is 5.97 Å². The Hall–Kier alpha value is -1.65. The molecular formula is C12H17NO4. The van der Waals surface area contributed by atoms with Gasteiger partial charge in [-0.05, 0) is 33.6 Å². The quantitative estimate of drug-likeness (QED) is 0.734. The number of hydrogen-bond donors (Lipinski definition) is 1. The Bertz CT molecular complexity index is 373. The first-order valence-electron chi connectivity index (χ1n) is 5.63. The fraction of sp³-hybridized carbons (Fsp3) is 0.583. The van der Waals surface area contributed by atoms with Gasteiger partial charge in [-0.2, -0.15) is 0 Å². The summed E-state index contributed by atoms with van der Waals surface area (Å²) in [6, 6.07) is -0.248. The third-order valence-electron chi connectivity index (χ3n) is 3.10. The van der Waals surface area contributed by atoms with E-state index < -0.39 is 5.97 Å². The molecule has 1 unspecified atom stereocenters. The van der Waals surface area contributed by atoms with Crippen molar-refractivity contribution in [3.63, 3.8) is 0 Å². The predicted octanol–water partition coefficient (Wildman–Crippen LogP) is 1.33. The summed E-state index contributed by atoms with van der Waals surface area (Å²) in [5, 5.41) is 8.52. The molecule has 0 aliphatic carbocycles. The molecule has 1 heterocycles. The van der Waals surface area contributed by atoms with Crippen molar-refractivity contribution in [3.05, 3.63) is 11.1 Å². The Morgan fingerprint density at radius 1 is 1.24 bits per heavy atom. The van der Waals surface area contributed by atoms with Crippen LogP contribution in [0.15, 0.2) is 11.1 Å². The molecule has 0 bridgehead atoms. The van der Waals surface area contributed by atoms with Gasteiger partial charge in [0.05, 0.1) is 0 Å². The van der Waals surface area contributed by atoms with Gasteiger partial charge in [-0.25, -0.2) is 0 Å². The molecule has 1 N–H and O–H groups in total. The van der Waals surface area contributed by atoms with E-state index in [-0.39, 0.29) is 24.3 Å². The van der Waals surface area contributed by atoms with E-state index in [0.717, 1.165) is 0 Å². The van der Waals surface area contributed by atoms with Crippen molar-refractivity contribution in [1.29, 1.82) is 0 Å². The zero-order valence-corrected chi connectivity index (χ0v) is 10.3. The molecule has 0 aromatic heterocycles. The zero-order valence-electron chi connectivity index (χ0n) is 10.3. The molecule has 5 heteroatoms. The summed E-state index contributed by atoms with van der Waals surface area (Å²) in [5.41, 5.74) is 0.972. The van der Waals surface area contributed by atoms with E-state index in [1.54, 1.807) is 20.8 Å². The highest BCUT2D eigenvalue weighted by molar-refractivity contribution is 6.18. The molecule has 0 saturated carbocycles. The van der Waals surface area contributed by atoms with Crippen LogP contribution in [0.2, 0.25) is 0 Å². The minimum atomic E-state index is -0.859. The molecule has 94 valence electrons. The number of hydrogen-bond acceptors (Lipinski definition) is 3. The number of imide groups is 1. The molecule has 1 aliphatic rings. The number of carbonyl (C=O) groups is 3. The first-order chi connectivity index (χ1) is 7.86. The summed E-state index contributed by atoms with van der Waals surface area (Å²) in [5.74, 6) is -1.37. The summed E-state index contributed by atoms with van der Waals surface area (Å²) in [6.07, 6.45) is 1.04. The number of amides is 2. The van der Waals surface area contributed by atoms with Crippen LogP contribution in [0.25, 0.3) is 0 Å². The Morgan fingerprint density at radius 3 is 2.12 bits per heavy atom. The van der Waals surface area contributed by atoms with E-state index >= 15 is 0 Å². The van der Waals surface area contributed by atoms with Crippen LogP contribution in [0.4, 0.5) is 0 Å². The molecule has 0 aromatic rings. The minimum Gasteiger partial charge on any atom is -0.481 e. The summed E-state index contributed by atoms with van der Waals surface area (Å²) in [4.78, 5) is 35.2. The maximum atomic E-state index is 11.8. The Morgan fingerprint density at radius 2 is 1.71 bits per heavy atom. The van der Waals surface area contributed by atoms with E-state index in [0.29, 0.717) is 24.0 Å². The van der Waals surface area contributed by atoms with Gasteiger partial charge in [0.15, 0.2) is 0 Å². The van der Waals surface area contributed by atoms with Gasteiger partial charge in [0.2, 0.25) is 0 Å². The standard InChI is InChI=1S/C12H17NO4/c1-7(5-4-6-10(14)15)13-11(16)8(2)9(3)12(13)17/h7H,4-6H2,1-3H3,(H,14,15). The van der Waals surface area contributed by atoms with Crippen molar-refractivity contribution in [2.75, 3.05) is 0 Å². The zero-order chi connectivity index (χ0) is 13.2. The van der Waals surface area contributed by atoms with Gasteiger partial charge in [0.1, 0.15) is 0 Å². The van der Waals surface area contributed by atoms with Gasteiger partial charge in [0, 0.05) is 23.6 Å². The molecule has 2 amide bonds. The van der Waals surface area contributed by atoms with E-state index in [1.165, 1.54) is 4.90 Å². The smallest absolute Gasteiger partial charge is 0.303 e. The third kappa shape index (κ3) is 2.72. The molecule has 5 nitrogen and oxygen atoms in total. The molecule has 17 heavy (non-hydrogen) atoms. The number of nitrogens with zero attached hydrogens (tertiary/aromatic N) is 1. The average Bonchev–Trinajstić information content (AvgIpc) is 2.43. The van der Waals surface area contributed by atoms with Crippen molar-refractivity contribution in [2.24, 2.45) is 0 Å². The number of rotatable bonds is 5. The average molecular weight is 239 g/mol. The largest absolute Gasteiger partial charge is 0.481 e. The van der Waals surface area contributed by atoms with Gasteiger partial charge < -0.3 is 5.11 Å². The van der Waals surface area contributed by atoms with Crippen molar-refractivity contribution in [1.82, 2.24) is 4.90 Å². The lowest BCUT2D eigenvalue weighted by atomic mass is 10.1. The number of aliphatic carboxylic acids is 1. The van der Waals surface area contributed by atoms with Crippen LogP contribution in [0.3, 0.4) is 0 Å². The first-order valence-corrected chi connectivity index (χ1v) is 5.63. The maximum Gasteiger partial charge on any atom is 0.303 e. The van der Waals surface area contributed by atoms with Gasteiger partial charge in [-0.1, -0.05) is 0 Å². The van der Waals surface area contributed by atoms with Crippen LogP contribution in [0.5, 0.6) is 0 Å². The van der Waals surface area contributed by atoms with Crippen molar-refractivity contribution >= 4 is 17.8 Å². The van der Waals surface area contributed by atoms with E-state index in [1.807, 2.05) is 0 Å². The number of carbonyl (C=O) groups excluding carboxylic acids is 2. The number of carboxylic acids is 1. The molecule has 0 radical (unpaired) electrons. The highest BCUT2D eigenvalue weighted by atomic mass is 16.4. The van der Waals surface area contributed by atoms with Crippen LogP contribution in [0.1, 0.15) is 40.0 Å². The molecule has 1 rings (SSSR count). The van der Waals surface area contributed by atoms with Crippen LogP contribution >= 0.6 is 0 Å². The second kappa shape index (κ2) is 5.12. The Balaban J connectivity index is 2.60. The molecule has 1 aliphatic heterocycles. The Labute approximate surface area is 100 Å². The maximum absolute atomic E-state index is 11.8. The summed E-state index contributed by atoms with van der Waals surface area (Å²) >= 11 is 0. The fourth-order valence-electron chi connectivity index (χ4n) is 1.85. The lowest BCUT2D eigenvalue weighted by Gasteiger charge is -2.22. The van der Waals surface area contributed by atoms with Gasteiger partial charge in [0.25, 0.3) is 11.8 Å². The van der Waals surface area contributed by atoms with Crippen LogP contribution in [0, 0.1) is 0 Å². The lowest BCUT2D eigenvalue weighted by Crippen LogP contribution is -2.39.